The van der Waals surface area contributed by atoms with E-state index in [4.69, 9.17) is 0 Å². The summed E-state index contributed by atoms with van der Waals surface area (Å²) in [5.74, 6) is 0. The van der Waals surface area contributed by atoms with E-state index in [1.807, 2.05) is 0 Å². The first-order valence-electron chi connectivity index (χ1n) is 38.9. The van der Waals surface area contributed by atoms with Gasteiger partial charge in [0.25, 0.3) is 0 Å². The minimum atomic E-state index is -2.12. The molecule has 0 aromatic carbocycles. The number of unbranched alkanes of at least 4 members (excludes halogenated alkanes) is 18. The molecule has 0 saturated heterocycles. The van der Waals surface area contributed by atoms with Gasteiger partial charge < -0.3 is 0 Å². The van der Waals surface area contributed by atoms with Crippen LogP contribution in [0.15, 0.2) is 0 Å². The van der Waals surface area contributed by atoms with E-state index in [9.17, 15) is 0 Å². The van der Waals surface area contributed by atoms with E-state index in [0.717, 1.165) is 40.4 Å². The molecule has 0 saturated carbocycles. The van der Waals surface area contributed by atoms with Crippen molar-refractivity contribution in [2.24, 2.45) is 0 Å². The van der Waals surface area contributed by atoms with Crippen molar-refractivity contribution in [3.05, 3.63) is 0 Å². The summed E-state index contributed by atoms with van der Waals surface area (Å²) in [6, 6.07) is 31.9. The third-order valence-electron chi connectivity index (χ3n) is 22.4. The molecule has 0 aromatic heterocycles. The maximum atomic E-state index is 2.70. The van der Waals surface area contributed by atoms with Crippen LogP contribution < -0.4 is 0 Å². The molecule has 0 spiro atoms. The third kappa shape index (κ3) is 23.2. The normalized spacial score (nSPS) is 13.6. The monoisotopic (exact) mass is 1390 g/mol. The van der Waals surface area contributed by atoms with Crippen molar-refractivity contribution in [3.63, 3.8) is 0 Å². The average Bonchev–Trinajstić information content (AvgIpc) is 3.50. The number of rotatable bonds is 62. The van der Waals surface area contributed by atoms with E-state index in [1.54, 1.807) is 224 Å². The van der Waals surface area contributed by atoms with Crippen LogP contribution in [0, 0.1) is 42.4 Å². The Labute approximate surface area is 547 Å². The quantitative estimate of drug-likeness (QED) is 0.0533. The van der Waals surface area contributed by atoms with Gasteiger partial charge in [-0.2, -0.15) is 0 Å². The van der Waals surface area contributed by atoms with Gasteiger partial charge in [-0.05, 0) is 0 Å². The molecule has 0 aliphatic heterocycles. The van der Waals surface area contributed by atoms with Gasteiger partial charge in [-0.3, -0.25) is 0 Å². The van der Waals surface area contributed by atoms with Crippen LogP contribution in [-0.2, 0) is 0 Å². The standard InChI is InChI=1S/2C37H81Si3.Yb/c2*1-10-19-28-38(29-20-11-2,30-21-12-3)37(39(31-22-13-4,32-23-14-5)33-24-15-6)40(34-25-16-7,35-26-17-8)36-27-18-9;/h2*10-36H2,1-9H3;. The second-order valence-corrected chi connectivity index (χ2v) is 68.1. The molecule has 0 amide bonds. The van der Waals surface area contributed by atoms with Crippen molar-refractivity contribution in [2.45, 2.75) is 463 Å². The Bertz CT molecular complexity index is 1010. The minimum absolute atomic E-state index is 0.792. The van der Waals surface area contributed by atoms with Crippen molar-refractivity contribution < 1.29 is 42.4 Å². The zero-order valence-electron chi connectivity index (χ0n) is 60.5. The molecule has 0 heterocycles. The van der Waals surface area contributed by atoms with Crippen LogP contribution in [0.2, 0.25) is 107 Å². The molecule has 81 heavy (non-hydrogen) atoms. The van der Waals surface area contributed by atoms with E-state index in [2.05, 4.69) is 125 Å². The first kappa shape index (κ1) is 83.8. The van der Waals surface area contributed by atoms with E-state index >= 15 is 0 Å². The summed E-state index contributed by atoms with van der Waals surface area (Å²) in [7, 11) is -12.7. The molecule has 7 heteroatoms. The molecule has 0 rings (SSSR count). The Morgan fingerprint density at radius 2 is 0.222 bits per heavy atom. The molecule has 0 N–H and O–H groups in total. The molecular weight excluding hydrogens is 1230 g/mol. The summed E-state index contributed by atoms with van der Waals surface area (Å²) in [6.07, 6.45) is 54.7. The Morgan fingerprint density at radius 3 is 0.284 bits per heavy atom. The Kier molecular flexibility index (Phi) is 51.2. The summed E-state index contributed by atoms with van der Waals surface area (Å²) in [6.45, 7) is 48.7. The second kappa shape index (κ2) is 49.5. The molecule has 0 aromatic rings. The van der Waals surface area contributed by atoms with Gasteiger partial charge in [-0.1, -0.05) is 0 Å². The SMILES string of the molecule is CCCC[Si](CCCC)(CCCC)[C]([Yb][C]([Si](CCCC)(CCCC)CCCC)([Si](CCCC)(CCCC)CCCC)[Si](CCCC)(CCCC)CCCC)([Si](CCCC)(CCCC)CCCC)[Si](CCCC)(CCCC)CCCC. The topological polar surface area (TPSA) is 0 Å². The Morgan fingerprint density at radius 1 is 0.148 bits per heavy atom. The predicted octanol–water partition coefficient (Wildman–Crippen LogP) is 29.7. The van der Waals surface area contributed by atoms with Gasteiger partial charge in [0, 0.05) is 0 Å². The van der Waals surface area contributed by atoms with Crippen LogP contribution >= 0.6 is 0 Å². The first-order valence-corrected chi connectivity index (χ1v) is 56.3. The maximum absolute atomic E-state index is 2.70. The van der Waals surface area contributed by atoms with E-state index in [0.29, 0.717) is 0 Å². The van der Waals surface area contributed by atoms with Gasteiger partial charge in [-0.25, -0.2) is 0 Å². The van der Waals surface area contributed by atoms with Crippen molar-refractivity contribution in [1.82, 2.24) is 0 Å². The summed E-state index contributed by atoms with van der Waals surface area (Å²) < 4.78 is 1.58. The van der Waals surface area contributed by atoms with Gasteiger partial charge in [0.15, 0.2) is 0 Å². The summed E-state index contributed by atoms with van der Waals surface area (Å²) in [5.41, 5.74) is 0. The average molecular weight is 1390 g/mol. The van der Waals surface area contributed by atoms with E-state index in [-0.39, 0.29) is 0 Å². The van der Waals surface area contributed by atoms with Crippen molar-refractivity contribution >= 4 is 48.4 Å². The van der Waals surface area contributed by atoms with Gasteiger partial charge in [0.2, 0.25) is 0 Å². The summed E-state index contributed by atoms with van der Waals surface area (Å²) in [5, 5.41) is 0. The third-order valence-corrected chi connectivity index (χ3v) is 93.8. The fraction of sp³-hybridized carbons (Fsp3) is 1.00. The molecule has 496 valence electrons. The fourth-order valence-corrected chi connectivity index (χ4v) is 118. The van der Waals surface area contributed by atoms with Crippen LogP contribution in [0.4, 0.5) is 0 Å². The predicted molar refractivity (Wildman–Crippen MR) is 395 cm³/mol. The Hall–Kier alpha value is 2.82. The summed E-state index contributed by atoms with van der Waals surface area (Å²) in [4.78, 5) is 0. The molecule has 0 radical (unpaired) electrons. The molecule has 0 bridgehead atoms. The van der Waals surface area contributed by atoms with Gasteiger partial charge in [-0.15, -0.1) is 0 Å². The van der Waals surface area contributed by atoms with Crippen LogP contribution in [0.25, 0.3) is 0 Å². The summed E-state index contributed by atoms with van der Waals surface area (Å²) >= 11 is 0.894. The molecule has 0 aliphatic carbocycles. The van der Waals surface area contributed by atoms with Crippen molar-refractivity contribution in [3.8, 4) is 0 Å². The van der Waals surface area contributed by atoms with E-state index in [1.165, 1.54) is 116 Å². The van der Waals surface area contributed by atoms with Crippen LogP contribution in [0.1, 0.15) is 356 Å². The van der Waals surface area contributed by atoms with Gasteiger partial charge in [0.1, 0.15) is 0 Å². The molecule has 0 fully saturated rings. The van der Waals surface area contributed by atoms with Crippen LogP contribution in [-0.4, -0.2) is 48.4 Å². The molecule has 0 nitrogen and oxygen atoms in total. The Balaban J connectivity index is 12.7. The fourth-order valence-electron chi connectivity index (χ4n) is 18.3. The van der Waals surface area contributed by atoms with Gasteiger partial charge >= 0.3 is 553 Å². The number of hydrogen-bond donors (Lipinski definition) is 0. The molecule has 0 aliphatic rings. The van der Waals surface area contributed by atoms with E-state index < -0.39 is 48.4 Å². The van der Waals surface area contributed by atoms with Crippen molar-refractivity contribution in [2.75, 3.05) is 0 Å². The second-order valence-electron chi connectivity index (χ2n) is 28.8. The first-order chi connectivity index (χ1) is 39.3. The zero-order chi connectivity index (χ0) is 60.9. The van der Waals surface area contributed by atoms with Crippen LogP contribution in [0.5, 0.6) is 0 Å². The zero-order valence-corrected chi connectivity index (χ0v) is 68.2. The number of hydrogen-bond acceptors (Lipinski definition) is 0. The van der Waals surface area contributed by atoms with Crippen molar-refractivity contribution in [1.29, 1.82) is 0 Å². The molecule has 0 atom stereocenters. The molecular formula is C74H162Si6Yb. The molecule has 0 unspecified atom stereocenters. The van der Waals surface area contributed by atoms with Crippen LogP contribution in [0.3, 0.4) is 0 Å². The van der Waals surface area contributed by atoms with Gasteiger partial charge in [0.05, 0.1) is 0 Å².